The summed E-state index contributed by atoms with van der Waals surface area (Å²) in [6.45, 7) is 2.32. The maximum atomic E-state index is 11.7. The highest BCUT2D eigenvalue weighted by molar-refractivity contribution is 5.89. The Bertz CT molecular complexity index is 691. The van der Waals surface area contributed by atoms with Crippen molar-refractivity contribution in [2.75, 3.05) is 13.2 Å². The number of rotatable bonds is 8. The summed E-state index contributed by atoms with van der Waals surface area (Å²) in [5.41, 5.74) is 0.763. The highest BCUT2D eigenvalue weighted by atomic mass is 16.5. The molecule has 0 unspecified atom stereocenters. The summed E-state index contributed by atoms with van der Waals surface area (Å²) in [7, 11) is 0. The van der Waals surface area contributed by atoms with Gasteiger partial charge in [-0.2, -0.15) is 0 Å². The molecular formula is C18H19NO5. The third kappa shape index (κ3) is 5.64. The van der Waals surface area contributed by atoms with Crippen molar-refractivity contribution in [3.05, 3.63) is 60.1 Å². The van der Waals surface area contributed by atoms with Gasteiger partial charge in [0, 0.05) is 11.6 Å². The van der Waals surface area contributed by atoms with Gasteiger partial charge in [-0.05, 0) is 31.2 Å². The first-order chi connectivity index (χ1) is 11.7. The Morgan fingerprint density at radius 1 is 1.21 bits per heavy atom. The molecule has 6 heteroatoms. The van der Waals surface area contributed by atoms with Crippen LogP contribution in [-0.2, 0) is 20.9 Å². The molecule has 0 fully saturated rings. The Hall–Kier alpha value is -3.02. The topological polar surface area (TPSA) is 77.8 Å². The Balaban J connectivity index is 1.77. The van der Waals surface area contributed by atoms with E-state index >= 15 is 0 Å². The summed E-state index contributed by atoms with van der Waals surface area (Å²) < 4.78 is 15.4. The van der Waals surface area contributed by atoms with E-state index in [1.54, 1.807) is 18.2 Å². The maximum absolute atomic E-state index is 11.7. The van der Waals surface area contributed by atoms with Gasteiger partial charge in [0.05, 0.1) is 19.4 Å². The Morgan fingerprint density at radius 2 is 2.04 bits per heavy atom. The van der Waals surface area contributed by atoms with E-state index < -0.39 is 11.9 Å². The lowest BCUT2D eigenvalue weighted by atomic mass is 10.2. The van der Waals surface area contributed by atoms with Crippen molar-refractivity contribution >= 4 is 18.0 Å². The predicted octanol–water partition coefficient (Wildman–Crippen LogP) is 2.55. The van der Waals surface area contributed by atoms with E-state index in [1.807, 2.05) is 31.2 Å². The molecule has 0 spiro atoms. The first-order valence-corrected chi connectivity index (χ1v) is 7.54. The molecular weight excluding hydrogens is 310 g/mol. The van der Waals surface area contributed by atoms with Crippen LogP contribution in [0.4, 0.5) is 0 Å². The van der Waals surface area contributed by atoms with Crippen LogP contribution in [0.15, 0.2) is 53.2 Å². The van der Waals surface area contributed by atoms with Crippen LogP contribution in [-0.4, -0.2) is 25.1 Å². The van der Waals surface area contributed by atoms with Crippen LogP contribution in [0.2, 0.25) is 0 Å². The Kier molecular flexibility index (Phi) is 6.64. The highest BCUT2D eigenvalue weighted by Crippen LogP contribution is 2.19. The number of para-hydroxylation sites is 1. The fraction of sp³-hybridized carbons (Fsp3) is 0.222. The minimum atomic E-state index is -0.602. The molecule has 1 N–H and O–H groups in total. The summed E-state index contributed by atoms with van der Waals surface area (Å²) in [5, 5.41) is 2.59. The number of amides is 1. The minimum Gasteiger partial charge on any atom is -0.493 e. The van der Waals surface area contributed by atoms with Gasteiger partial charge in [0.15, 0.2) is 6.61 Å². The molecule has 1 aromatic heterocycles. The summed E-state index contributed by atoms with van der Waals surface area (Å²) in [5.74, 6) is 0.305. The van der Waals surface area contributed by atoms with Crippen molar-refractivity contribution in [2.24, 2.45) is 0 Å². The molecule has 2 rings (SSSR count). The zero-order valence-electron chi connectivity index (χ0n) is 13.4. The minimum absolute atomic E-state index is 0.251. The number of benzene rings is 1. The van der Waals surface area contributed by atoms with Crippen molar-refractivity contribution < 1.29 is 23.5 Å². The highest BCUT2D eigenvalue weighted by Gasteiger charge is 2.06. The van der Waals surface area contributed by atoms with Gasteiger partial charge in [-0.3, -0.25) is 4.79 Å². The average molecular weight is 329 g/mol. The van der Waals surface area contributed by atoms with E-state index in [2.05, 4.69) is 5.32 Å². The summed E-state index contributed by atoms with van der Waals surface area (Å²) in [6, 6.07) is 10.8. The van der Waals surface area contributed by atoms with E-state index in [-0.39, 0.29) is 13.2 Å². The van der Waals surface area contributed by atoms with Crippen LogP contribution in [0.25, 0.3) is 6.08 Å². The molecule has 0 atom stereocenters. The largest absolute Gasteiger partial charge is 0.493 e. The van der Waals surface area contributed by atoms with Gasteiger partial charge < -0.3 is 19.2 Å². The van der Waals surface area contributed by atoms with Gasteiger partial charge in [0.1, 0.15) is 11.5 Å². The molecule has 0 aliphatic heterocycles. The van der Waals surface area contributed by atoms with E-state index in [4.69, 9.17) is 13.9 Å². The fourth-order valence-electron chi connectivity index (χ4n) is 1.90. The molecule has 0 saturated heterocycles. The quantitative estimate of drug-likeness (QED) is 0.595. The van der Waals surface area contributed by atoms with Crippen LogP contribution in [0, 0.1) is 0 Å². The average Bonchev–Trinajstić information content (AvgIpc) is 3.11. The molecule has 0 saturated carbocycles. The number of hydrogen-bond acceptors (Lipinski definition) is 5. The lowest BCUT2D eigenvalue weighted by Gasteiger charge is -2.06. The third-order valence-corrected chi connectivity index (χ3v) is 3.00. The van der Waals surface area contributed by atoms with Gasteiger partial charge in [-0.15, -0.1) is 0 Å². The smallest absolute Gasteiger partial charge is 0.331 e. The van der Waals surface area contributed by atoms with Crippen molar-refractivity contribution in [3.8, 4) is 5.75 Å². The van der Waals surface area contributed by atoms with Gasteiger partial charge >= 0.3 is 5.97 Å². The van der Waals surface area contributed by atoms with Crippen molar-refractivity contribution in [1.82, 2.24) is 5.32 Å². The summed E-state index contributed by atoms with van der Waals surface area (Å²) >= 11 is 0. The molecule has 0 aliphatic carbocycles. The van der Waals surface area contributed by atoms with Crippen molar-refractivity contribution in [2.45, 2.75) is 13.5 Å². The number of nitrogens with one attached hydrogen (secondary N) is 1. The lowest BCUT2D eigenvalue weighted by Crippen LogP contribution is -2.27. The number of ether oxygens (including phenoxy) is 2. The molecule has 0 bridgehead atoms. The lowest BCUT2D eigenvalue weighted by molar-refractivity contribution is -0.143. The molecule has 1 aromatic carbocycles. The van der Waals surface area contributed by atoms with Crippen molar-refractivity contribution in [3.63, 3.8) is 0 Å². The number of hydrogen-bond donors (Lipinski definition) is 1. The molecule has 0 aliphatic rings. The molecule has 6 nitrogen and oxygen atoms in total. The second-order valence-electron chi connectivity index (χ2n) is 4.77. The number of carbonyl (C=O) groups is 2. The van der Waals surface area contributed by atoms with Gasteiger partial charge in [-0.25, -0.2) is 4.79 Å². The van der Waals surface area contributed by atoms with Crippen LogP contribution >= 0.6 is 0 Å². The van der Waals surface area contributed by atoms with Crippen LogP contribution in [0.5, 0.6) is 5.75 Å². The zero-order chi connectivity index (χ0) is 17.2. The summed E-state index contributed by atoms with van der Waals surface area (Å²) in [4.78, 5) is 23.3. The number of esters is 1. The molecule has 2 aromatic rings. The van der Waals surface area contributed by atoms with E-state index in [1.165, 1.54) is 12.3 Å². The number of furan rings is 1. The SMILES string of the molecule is CCOc1ccccc1/C=C/C(=O)OCC(=O)NCc1ccco1. The normalized spacial score (nSPS) is 10.5. The molecule has 126 valence electrons. The van der Waals surface area contributed by atoms with Crippen LogP contribution < -0.4 is 10.1 Å². The third-order valence-electron chi connectivity index (χ3n) is 3.00. The maximum Gasteiger partial charge on any atom is 0.331 e. The molecule has 24 heavy (non-hydrogen) atoms. The monoisotopic (exact) mass is 329 g/mol. The van der Waals surface area contributed by atoms with E-state index in [9.17, 15) is 9.59 Å². The molecule has 0 radical (unpaired) electrons. The second-order valence-corrected chi connectivity index (χ2v) is 4.77. The number of carbonyl (C=O) groups excluding carboxylic acids is 2. The molecule has 1 amide bonds. The zero-order valence-corrected chi connectivity index (χ0v) is 13.4. The molecule has 1 heterocycles. The van der Waals surface area contributed by atoms with Crippen molar-refractivity contribution in [1.29, 1.82) is 0 Å². The van der Waals surface area contributed by atoms with E-state index in [0.29, 0.717) is 18.1 Å². The summed E-state index contributed by atoms with van der Waals surface area (Å²) in [6.07, 6.45) is 4.37. The Labute approximate surface area is 140 Å². The van der Waals surface area contributed by atoms with Gasteiger partial charge in [0.25, 0.3) is 5.91 Å². The van der Waals surface area contributed by atoms with Gasteiger partial charge in [-0.1, -0.05) is 18.2 Å². The first-order valence-electron chi connectivity index (χ1n) is 7.54. The fourth-order valence-corrected chi connectivity index (χ4v) is 1.90. The van der Waals surface area contributed by atoms with Crippen LogP contribution in [0.1, 0.15) is 18.2 Å². The van der Waals surface area contributed by atoms with Crippen LogP contribution in [0.3, 0.4) is 0 Å². The van der Waals surface area contributed by atoms with E-state index in [0.717, 1.165) is 5.56 Å². The van der Waals surface area contributed by atoms with Gasteiger partial charge in [0.2, 0.25) is 0 Å². The Morgan fingerprint density at radius 3 is 2.79 bits per heavy atom. The first kappa shape index (κ1) is 17.3. The second kappa shape index (κ2) is 9.19. The standard InChI is InChI=1S/C18H19NO5/c1-2-22-16-8-4-3-6-14(16)9-10-18(21)24-13-17(20)19-12-15-7-5-11-23-15/h3-11H,2,12-13H2,1H3,(H,19,20)/b10-9+. The predicted molar refractivity (Wildman–Crippen MR) is 88.2 cm³/mol.